The van der Waals surface area contributed by atoms with Gasteiger partial charge in [0.2, 0.25) is 6.29 Å². The normalized spacial score (nSPS) is 23.5. The quantitative estimate of drug-likeness (QED) is 0.668. The van der Waals surface area contributed by atoms with Gasteiger partial charge in [-0.05, 0) is 41.3 Å². The van der Waals surface area contributed by atoms with Crippen LogP contribution in [-0.2, 0) is 19.0 Å². The number of likely N-dealkylation sites (tertiary alicyclic amines) is 1. The van der Waals surface area contributed by atoms with Crippen LogP contribution >= 0.6 is 11.3 Å². The summed E-state index contributed by atoms with van der Waals surface area (Å²) < 4.78 is 17.0. The third kappa shape index (κ3) is 6.30. The summed E-state index contributed by atoms with van der Waals surface area (Å²) in [6.07, 6.45) is 7.89. The summed E-state index contributed by atoms with van der Waals surface area (Å²) in [7, 11) is 0. The molecule has 0 bridgehead atoms. The molecule has 2 atom stereocenters. The summed E-state index contributed by atoms with van der Waals surface area (Å²) in [6.45, 7) is 2.64. The Morgan fingerprint density at radius 3 is 2.68 bits per heavy atom. The van der Waals surface area contributed by atoms with Crippen molar-refractivity contribution in [3.8, 4) is 0 Å². The lowest BCUT2D eigenvalue weighted by molar-refractivity contribution is -0.156. The smallest absolute Gasteiger partial charge is 0.288 e. The summed E-state index contributed by atoms with van der Waals surface area (Å²) in [5.74, 6) is 0.494. The first-order chi connectivity index (χ1) is 13.8. The topological polar surface area (TPSA) is 68.2 Å². The van der Waals surface area contributed by atoms with Crippen LogP contribution in [0.3, 0.4) is 0 Å². The molecule has 7 heteroatoms. The molecule has 1 aromatic rings. The highest BCUT2D eigenvalue weighted by atomic mass is 32.1. The summed E-state index contributed by atoms with van der Waals surface area (Å²) in [4.78, 5) is 15.1. The molecule has 3 rings (SSSR count). The molecule has 1 N–H and O–H groups in total. The minimum atomic E-state index is -0.471. The molecule has 28 heavy (non-hydrogen) atoms. The van der Waals surface area contributed by atoms with Crippen LogP contribution in [0.15, 0.2) is 28.7 Å². The van der Waals surface area contributed by atoms with E-state index in [1.807, 2.05) is 11.0 Å². The summed E-state index contributed by atoms with van der Waals surface area (Å²) in [6, 6.07) is 2.09. The van der Waals surface area contributed by atoms with Crippen LogP contribution < -0.4 is 0 Å². The van der Waals surface area contributed by atoms with Gasteiger partial charge in [-0.1, -0.05) is 19.3 Å². The maximum Gasteiger partial charge on any atom is 0.288 e. The molecule has 0 aliphatic carbocycles. The number of ether oxygens (including phenoxy) is 3. The van der Waals surface area contributed by atoms with Gasteiger partial charge in [0, 0.05) is 25.4 Å². The fraction of sp³-hybridized carbons (Fsp3) is 0.667. The average Bonchev–Trinajstić information content (AvgIpc) is 3.22. The van der Waals surface area contributed by atoms with Gasteiger partial charge in [-0.25, -0.2) is 0 Å². The number of thiophene rings is 1. The van der Waals surface area contributed by atoms with Gasteiger partial charge in [0.15, 0.2) is 5.76 Å². The summed E-state index contributed by atoms with van der Waals surface area (Å²) in [5, 5.41) is 12.9. The molecule has 0 aromatic carbocycles. The fourth-order valence-corrected chi connectivity index (χ4v) is 4.37. The molecule has 1 amide bonds. The highest BCUT2D eigenvalue weighted by Crippen LogP contribution is 2.33. The van der Waals surface area contributed by atoms with Crippen LogP contribution in [0.4, 0.5) is 0 Å². The first-order valence-electron chi connectivity index (χ1n) is 10.3. The number of carbonyl (C=O) groups is 1. The van der Waals surface area contributed by atoms with Gasteiger partial charge in [0.1, 0.15) is 0 Å². The Labute approximate surface area is 171 Å². The Kier molecular flexibility index (Phi) is 8.79. The average molecular weight is 410 g/mol. The second kappa shape index (κ2) is 11.6. The number of carbonyl (C=O) groups excluding carboxylic acids is 1. The maximum absolute atomic E-state index is 13.1. The molecule has 1 saturated heterocycles. The van der Waals surface area contributed by atoms with Gasteiger partial charge in [-0.2, -0.15) is 11.3 Å². The van der Waals surface area contributed by atoms with Gasteiger partial charge >= 0.3 is 0 Å². The molecule has 6 nitrogen and oxygen atoms in total. The number of nitrogens with zero attached hydrogens (tertiary/aromatic N) is 1. The second-order valence-electron chi connectivity index (χ2n) is 7.24. The van der Waals surface area contributed by atoms with Crippen molar-refractivity contribution >= 4 is 17.2 Å². The molecule has 0 unspecified atom stereocenters. The standard InChI is InChI=1S/C21H31NO5S/c23-9-10-25-11-12-26-20-15-18(17-6-13-28-16-17)14-19(27-20)21(24)22-7-4-2-1-3-5-8-22/h6,13-14,16,18,20,23H,1-5,7-12,15H2/t18-,20+/m0/s1. The van der Waals surface area contributed by atoms with Crippen molar-refractivity contribution in [1.29, 1.82) is 0 Å². The third-order valence-corrected chi connectivity index (χ3v) is 5.85. The molecule has 0 radical (unpaired) electrons. The molecule has 1 aromatic heterocycles. The van der Waals surface area contributed by atoms with E-state index in [0.717, 1.165) is 25.9 Å². The molecular weight excluding hydrogens is 378 g/mol. The minimum absolute atomic E-state index is 0.00260. The molecule has 0 saturated carbocycles. The van der Waals surface area contributed by atoms with E-state index >= 15 is 0 Å². The van der Waals surface area contributed by atoms with E-state index in [2.05, 4.69) is 16.8 Å². The molecular formula is C21H31NO5S. The Balaban J connectivity index is 1.65. The number of aliphatic hydroxyl groups is 1. The highest BCUT2D eigenvalue weighted by Gasteiger charge is 2.31. The lowest BCUT2D eigenvalue weighted by atomic mass is 9.95. The number of allylic oxidation sites excluding steroid dienone is 1. The highest BCUT2D eigenvalue weighted by molar-refractivity contribution is 7.08. The van der Waals surface area contributed by atoms with Gasteiger partial charge < -0.3 is 24.2 Å². The van der Waals surface area contributed by atoms with E-state index in [0.29, 0.717) is 32.0 Å². The van der Waals surface area contributed by atoms with Crippen LogP contribution in [0.5, 0.6) is 0 Å². The van der Waals surface area contributed by atoms with Crippen LogP contribution in [0.2, 0.25) is 0 Å². The van der Waals surface area contributed by atoms with Crippen LogP contribution in [0.25, 0.3) is 0 Å². The molecule has 2 aliphatic heterocycles. The predicted octanol–water partition coefficient (Wildman–Crippen LogP) is 3.28. The van der Waals surface area contributed by atoms with Gasteiger partial charge in [0.05, 0.1) is 26.4 Å². The first-order valence-corrected chi connectivity index (χ1v) is 11.2. The Morgan fingerprint density at radius 1 is 1.18 bits per heavy atom. The molecule has 1 fully saturated rings. The van der Waals surface area contributed by atoms with E-state index < -0.39 is 6.29 Å². The lowest BCUT2D eigenvalue weighted by Crippen LogP contribution is -2.38. The van der Waals surface area contributed by atoms with Crippen LogP contribution in [0, 0.1) is 0 Å². The van der Waals surface area contributed by atoms with Crippen LogP contribution in [-0.4, -0.2) is 61.7 Å². The van der Waals surface area contributed by atoms with E-state index in [1.54, 1.807) is 11.3 Å². The number of hydrogen-bond acceptors (Lipinski definition) is 6. The number of amides is 1. The van der Waals surface area contributed by atoms with E-state index in [1.165, 1.54) is 24.8 Å². The van der Waals surface area contributed by atoms with Gasteiger partial charge in [-0.15, -0.1) is 0 Å². The monoisotopic (exact) mass is 409 g/mol. The van der Waals surface area contributed by atoms with E-state index in [-0.39, 0.29) is 18.4 Å². The Bertz CT molecular complexity index is 610. The van der Waals surface area contributed by atoms with Gasteiger partial charge in [-0.3, -0.25) is 4.79 Å². The Morgan fingerprint density at radius 2 is 1.96 bits per heavy atom. The van der Waals surface area contributed by atoms with Crippen molar-refractivity contribution in [3.05, 3.63) is 34.2 Å². The molecule has 0 spiro atoms. The lowest BCUT2D eigenvalue weighted by Gasteiger charge is -2.32. The molecule has 2 aliphatic rings. The largest absolute Gasteiger partial charge is 0.459 e. The zero-order valence-corrected chi connectivity index (χ0v) is 17.2. The van der Waals surface area contributed by atoms with Gasteiger partial charge in [0.25, 0.3) is 5.91 Å². The minimum Gasteiger partial charge on any atom is -0.459 e. The van der Waals surface area contributed by atoms with Crippen molar-refractivity contribution in [2.45, 2.75) is 50.7 Å². The number of hydrogen-bond donors (Lipinski definition) is 1. The maximum atomic E-state index is 13.1. The predicted molar refractivity (Wildman–Crippen MR) is 108 cm³/mol. The van der Waals surface area contributed by atoms with E-state index in [9.17, 15) is 4.79 Å². The SMILES string of the molecule is O=C(C1=C[C@H](c2ccsc2)C[C@H](OCCOCCO)O1)N1CCCCCCC1. The number of rotatable bonds is 8. The third-order valence-electron chi connectivity index (χ3n) is 5.15. The summed E-state index contributed by atoms with van der Waals surface area (Å²) >= 11 is 1.65. The zero-order valence-electron chi connectivity index (χ0n) is 16.4. The second-order valence-corrected chi connectivity index (χ2v) is 8.02. The Hall–Kier alpha value is -1.41. The zero-order chi connectivity index (χ0) is 19.6. The first kappa shape index (κ1) is 21.3. The molecule has 156 valence electrons. The summed E-state index contributed by atoms with van der Waals surface area (Å²) in [5.41, 5.74) is 1.19. The van der Waals surface area contributed by atoms with Crippen molar-refractivity contribution in [3.63, 3.8) is 0 Å². The van der Waals surface area contributed by atoms with Crippen molar-refractivity contribution < 1.29 is 24.1 Å². The van der Waals surface area contributed by atoms with Crippen molar-refractivity contribution in [2.75, 3.05) is 39.5 Å². The fourth-order valence-electron chi connectivity index (χ4n) is 3.64. The van der Waals surface area contributed by atoms with Crippen LogP contribution in [0.1, 0.15) is 50.0 Å². The van der Waals surface area contributed by atoms with Crippen molar-refractivity contribution in [1.82, 2.24) is 4.90 Å². The van der Waals surface area contributed by atoms with Crippen molar-refractivity contribution in [2.24, 2.45) is 0 Å². The van der Waals surface area contributed by atoms with E-state index in [4.69, 9.17) is 19.3 Å². The number of aliphatic hydroxyl groups excluding tert-OH is 1. The molecule has 3 heterocycles.